The van der Waals surface area contributed by atoms with Gasteiger partial charge in [0.2, 0.25) is 0 Å². The SMILES string of the molecule is CCC1=NC(=O)NC(c2cccc(OC(C)=O)c2)C1C(=O)OCC1CCCCC1. The van der Waals surface area contributed by atoms with Gasteiger partial charge in [0.05, 0.1) is 12.6 Å². The zero-order valence-corrected chi connectivity index (χ0v) is 17.0. The second-order valence-electron chi connectivity index (χ2n) is 7.66. The van der Waals surface area contributed by atoms with Crippen molar-refractivity contribution in [3.05, 3.63) is 29.8 Å². The number of ether oxygens (including phenoxy) is 2. The van der Waals surface area contributed by atoms with E-state index in [1.165, 1.54) is 26.2 Å². The quantitative estimate of drug-likeness (QED) is 0.576. The van der Waals surface area contributed by atoms with Crippen LogP contribution in [0.5, 0.6) is 5.75 Å². The highest BCUT2D eigenvalue weighted by molar-refractivity contribution is 6.09. The van der Waals surface area contributed by atoms with Gasteiger partial charge in [-0.1, -0.05) is 38.3 Å². The van der Waals surface area contributed by atoms with Crippen molar-refractivity contribution in [2.75, 3.05) is 6.61 Å². The number of nitrogens with one attached hydrogen (secondary N) is 1. The molecule has 1 saturated carbocycles. The van der Waals surface area contributed by atoms with E-state index in [9.17, 15) is 14.4 Å². The molecule has 1 aliphatic heterocycles. The number of carbonyl (C=O) groups excluding carboxylic acids is 3. The van der Waals surface area contributed by atoms with Gasteiger partial charge >= 0.3 is 18.0 Å². The molecule has 0 bridgehead atoms. The van der Waals surface area contributed by atoms with Gasteiger partial charge in [0.15, 0.2) is 0 Å². The third kappa shape index (κ3) is 5.43. The van der Waals surface area contributed by atoms with E-state index in [1.807, 2.05) is 6.92 Å². The molecule has 2 aliphatic rings. The first-order valence-corrected chi connectivity index (χ1v) is 10.3. The highest BCUT2D eigenvalue weighted by Crippen LogP contribution is 2.32. The number of aliphatic imine (C=N–C) groups is 1. The second-order valence-corrected chi connectivity index (χ2v) is 7.66. The molecule has 0 saturated heterocycles. The lowest BCUT2D eigenvalue weighted by Gasteiger charge is -2.31. The Morgan fingerprint density at radius 3 is 2.66 bits per heavy atom. The Kier molecular flexibility index (Phi) is 7.01. The van der Waals surface area contributed by atoms with E-state index in [2.05, 4.69) is 10.3 Å². The van der Waals surface area contributed by atoms with Crippen LogP contribution in [0.2, 0.25) is 0 Å². The molecule has 1 aliphatic carbocycles. The van der Waals surface area contributed by atoms with Crippen LogP contribution in [0.1, 0.15) is 64.0 Å². The summed E-state index contributed by atoms with van der Waals surface area (Å²) < 4.78 is 10.8. The van der Waals surface area contributed by atoms with Crippen LogP contribution < -0.4 is 10.1 Å². The maximum absolute atomic E-state index is 13.0. The third-order valence-electron chi connectivity index (χ3n) is 5.50. The van der Waals surface area contributed by atoms with Crippen molar-refractivity contribution in [1.29, 1.82) is 0 Å². The zero-order valence-electron chi connectivity index (χ0n) is 17.0. The third-order valence-corrected chi connectivity index (χ3v) is 5.50. The summed E-state index contributed by atoms with van der Waals surface area (Å²) in [5.74, 6) is -0.750. The fraction of sp³-hybridized carbons (Fsp3) is 0.545. The number of amides is 2. The van der Waals surface area contributed by atoms with Crippen LogP contribution in [0.3, 0.4) is 0 Å². The van der Waals surface area contributed by atoms with Gasteiger partial charge in [0, 0.05) is 12.6 Å². The molecule has 1 N–H and O–H groups in total. The smallest absolute Gasteiger partial charge is 0.341 e. The number of hydrogen-bond donors (Lipinski definition) is 1. The Morgan fingerprint density at radius 1 is 1.21 bits per heavy atom. The first-order chi connectivity index (χ1) is 14.0. The Hall–Kier alpha value is -2.70. The average Bonchev–Trinajstić information content (AvgIpc) is 2.71. The predicted molar refractivity (Wildman–Crippen MR) is 108 cm³/mol. The summed E-state index contributed by atoms with van der Waals surface area (Å²) in [7, 11) is 0. The minimum atomic E-state index is -0.700. The summed E-state index contributed by atoms with van der Waals surface area (Å²) >= 11 is 0. The van der Waals surface area contributed by atoms with Gasteiger partial charge in [-0.15, -0.1) is 0 Å². The van der Waals surface area contributed by atoms with Crippen LogP contribution in [0.15, 0.2) is 29.3 Å². The van der Waals surface area contributed by atoms with E-state index >= 15 is 0 Å². The maximum Gasteiger partial charge on any atom is 0.341 e. The summed E-state index contributed by atoms with van der Waals surface area (Å²) in [6.07, 6.45) is 6.22. The highest BCUT2D eigenvalue weighted by Gasteiger charge is 2.39. The summed E-state index contributed by atoms with van der Waals surface area (Å²) in [5, 5.41) is 2.78. The lowest BCUT2D eigenvalue weighted by atomic mass is 9.86. The molecule has 1 heterocycles. The molecule has 29 heavy (non-hydrogen) atoms. The highest BCUT2D eigenvalue weighted by atomic mass is 16.5. The zero-order chi connectivity index (χ0) is 20.8. The number of hydrogen-bond acceptors (Lipinski definition) is 5. The molecule has 156 valence electrons. The molecule has 2 atom stereocenters. The Balaban J connectivity index is 1.81. The summed E-state index contributed by atoms with van der Waals surface area (Å²) in [6, 6.07) is 5.72. The molecular formula is C22H28N2O5. The van der Waals surface area contributed by atoms with Gasteiger partial charge in [-0.3, -0.25) is 9.59 Å². The van der Waals surface area contributed by atoms with Crippen molar-refractivity contribution in [2.45, 2.75) is 58.4 Å². The largest absolute Gasteiger partial charge is 0.465 e. The Morgan fingerprint density at radius 2 is 1.97 bits per heavy atom. The molecule has 3 rings (SSSR count). The first kappa shape index (κ1) is 21.0. The van der Waals surface area contributed by atoms with Gasteiger partial charge < -0.3 is 14.8 Å². The molecular weight excluding hydrogens is 372 g/mol. The van der Waals surface area contributed by atoms with E-state index < -0.39 is 24.0 Å². The fourth-order valence-corrected chi connectivity index (χ4v) is 4.07. The van der Waals surface area contributed by atoms with Crippen molar-refractivity contribution in [1.82, 2.24) is 5.32 Å². The van der Waals surface area contributed by atoms with Crippen LogP contribution in [0, 0.1) is 11.8 Å². The van der Waals surface area contributed by atoms with Crippen molar-refractivity contribution >= 4 is 23.7 Å². The normalized spacial score (nSPS) is 22.4. The Labute approximate surface area is 170 Å². The predicted octanol–water partition coefficient (Wildman–Crippen LogP) is 3.97. The van der Waals surface area contributed by atoms with E-state index in [0.29, 0.717) is 36.0 Å². The lowest BCUT2D eigenvalue weighted by molar-refractivity contribution is -0.148. The molecule has 0 spiro atoms. The lowest BCUT2D eigenvalue weighted by Crippen LogP contribution is -2.45. The minimum Gasteiger partial charge on any atom is -0.465 e. The van der Waals surface area contributed by atoms with E-state index in [-0.39, 0.29) is 5.97 Å². The second kappa shape index (κ2) is 9.67. The molecule has 2 amide bonds. The van der Waals surface area contributed by atoms with Crippen molar-refractivity contribution in [2.24, 2.45) is 16.8 Å². The van der Waals surface area contributed by atoms with Crippen molar-refractivity contribution in [3.8, 4) is 5.75 Å². The van der Waals surface area contributed by atoms with E-state index in [1.54, 1.807) is 24.3 Å². The first-order valence-electron chi connectivity index (χ1n) is 10.3. The molecule has 1 aromatic carbocycles. The van der Waals surface area contributed by atoms with Crippen LogP contribution >= 0.6 is 0 Å². The fourth-order valence-electron chi connectivity index (χ4n) is 4.07. The molecule has 1 aromatic rings. The number of carbonyl (C=O) groups is 3. The van der Waals surface area contributed by atoms with Gasteiger partial charge in [-0.25, -0.2) is 9.79 Å². The van der Waals surface area contributed by atoms with Gasteiger partial charge in [0.1, 0.15) is 11.7 Å². The van der Waals surface area contributed by atoms with Crippen molar-refractivity contribution < 1.29 is 23.9 Å². The number of nitrogens with zero attached hydrogens (tertiary/aromatic N) is 1. The summed E-state index contributed by atoms with van der Waals surface area (Å²) in [4.78, 5) is 40.4. The average molecular weight is 400 g/mol. The van der Waals surface area contributed by atoms with Crippen LogP contribution in [-0.2, 0) is 14.3 Å². The molecule has 7 nitrogen and oxygen atoms in total. The van der Waals surface area contributed by atoms with Crippen LogP contribution in [-0.4, -0.2) is 30.3 Å². The van der Waals surface area contributed by atoms with E-state index in [0.717, 1.165) is 12.8 Å². The van der Waals surface area contributed by atoms with Gasteiger partial charge in [-0.2, -0.15) is 0 Å². The van der Waals surface area contributed by atoms with Crippen LogP contribution in [0.25, 0.3) is 0 Å². The summed E-state index contributed by atoms with van der Waals surface area (Å²) in [5.41, 5.74) is 1.17. The van der Waals surface area contributed by atoms with Crippen molar-refractivity contribution in [3.63, 3.8) is 0 Å². The topological polar surface area (TPSA) is 94.1 Å². The van der Waals surface area contributed by atoms with Crippen LogP contribution in [0.4, 0.5) is 4.79 Å². The number of esters is 2. The maximum atomic E-state index is 13.0. The standard InChI is InChI=1S/C22H28N2O5/c1-3-18-19(21(26)28-13-15-8-5-4-6-9-15)20(24-22(27)23-18)16-10-7-11-17(12-16)29-14(2)25/h7,10-12,15,19-20H,3-6,8-9,13H2,1-2H3,(H,24,27). The number of urea groups is 1. The van der Waals surface area contributed by atoms with Gasteiger partial charge in [-0.05, 0) is 42.9 Å². The van der Waals surface area contributed by atoms with Gasteiger partial charge in [0.25, 0.3) is 0 Å². The minimum absolute atomic E-state index is 0.360. The number of benzene rings is 1. The number of rotatable bonds is 6. The Bertz CT molecular complexity index is 798. The molecule has 0 radical (unpaired) electrons. The molecule has 7 heteroatoms. The van der Waals surface area contributed by atoms with E-state index in [4.69, 9.17) is 9.47 Å². The molecule has 2 unspecified atom stereocenters. The summed E-state index contributed by atoms with van der Waals surface area (Å²) in [6.45, 7) is 3.59. The monoisotopic (exact) mass is 400 g/mol. The molecule has 1 fully saturated rings. The molecule has 0 aromatic heterocycles.